The van der Waals surface area contributed by atoms with Gasteiger partial charge in [0.05, 0.1) is 13.2 Å². The molecule has 1 N–H and O–H groups in total. The SMILES string of the molecule is COC(=O)/C=C/c1ccc(C2CCC(OCCCCCCC[Si]O)CC2)cc1. The summed E-state index contributed by atoms with van der Waals surface area (Å²) in [6, 6.07) is 9.46. The highest BCUT2D eigenvalue weighted by Crippen LogP contribution is 2.34. The highest BCUT2D eigenvalue weighted by atomic mass is 28.2. The summed E-state index contributed by atoms with van der Waals surface area (Å²) in [4.78, 5) is 20.0. The van der Waals surface area contributed by atoms with E-state index in [2.05, 4.69) is 29.0 Å². The first-order valence-electron chi connectivity index (χ1n) is 10.6. The predicted molar refractivity (Wildman–Crippen MR) is 114 cm³/mol. The van der Waals surface area contributed by atoms with Gasteiger partial charge < -0.3 is 14.3 Å². The zero-order valence-electron chi connectivity index (χ0n) is 17.1. The first kappa shape index (κ1) is 22.9. The molecule has 1 saturated carbocycles. The predicted octanol–water partition coefficient (Wildman–Crippen LogP) is 4.90. The zero-order chi connectivity index (χ0) is 20.0. The summed E-state index contributed by atoms with van der Waals surface area (Å²) in [5.41, 5.74) is 2.40. The number of carbonyl (C=O) groups is 1. The number of benzene rings is 1. The number of esters is 1. The lowest BCUT2D eigenvalue weighted by Crippen LogP contribution is -2.21. The van der Waals surface area contributed by atoms with Crippen molar-refractivity contribution < 1.29 is 19.1 Å². The minimum atomic E-state index is -0.329. The Bertz CT molecular complexity index is 577. The van der Waals surface area contributed by atoms with Gasteiger partial charge in [-0.3, -0.25) is 0 Å². The van der Waals surface area contributed by atoms with Crippen molar-refractivity contribution in [2.24, 2.45) is 0 Å². The van der Waals surface area contributed by atoms with E-state index in [1.165, 1.54) is 50.9 Å². The van der Waals surface area contributed by atoms with E-state index < -0.39 is 0 Å². The second kappa shape index (κ2) is 13.7. The second-order valence-corrected chi connectivity index (χ2v) is 8.36. The normalized spacial score (nSPS) is 19.8. The molecule has 0 heterocycles. The van der Waals surface area contributed by atoms with Crippen molar-refractivity contribution in [3.8, 4) is 0 Å². The Hall–Kier alpha value is -1.43. The van der Waals surface area contributed by atoms with E-state index in [-0.39, 0.29) is 15.7 Å². The summed E-state index contributed by atoms with van der Waals surface area (Å²) in [7, 11) is 1.50. The fourth-order valence-corrected chi connectivity index (χ4v) is 4.17. The van der Waals surface area contributed by atoms with Gasteiger partial charge in [0.25, 0.3) is 0 Å². The summed E-state index contributed by atoms with van der Waals surface area (Å²) in [5, 5.41) is 0. The quantitative estimate of drug-likeness (QED) is 0.234. The molecule has 1 aromatic carbocycles. The average molecular weight is 403 g/mol. The standard InChI is InChI=1S/C23H34O4Si/c1-26-23(24)16-9-19-7-10-20(11-8-19)21-12-14-22(15-13-21)27-17-5-3-2-4-6-18-28-25/h7-11,16,21-22,25H,2-6,12-15,17-18H2,1H3/b16-9+. The van der Waals surface area contributed by atoms with E-state index in [0.717, 1.165) is 43.9 Å². The van der Waals surface area contributed by atoms with Crippen LogP contribution >= 0.6 is 0 Å². The maximum Gasteiger partial charge on any atom is 0.330 e. The molecule has 2 radical (unpaired) electrons. The van der Waals surface area contributed by atoms with Crippen molar-refractivity contribution in [1.29, 1.82) is 0 Å². The third kappa shape index (κ3) is 8.72. The van der Waals surface area contributed by atoms with Crippen molar-refractivity contribution in [3.63, 3.8) is 0 Å². The van der Waals surface area contributed by atoms with Gasteiger partial charge in [-0.2, -0.15) is 0 Å². The molecule has 0 aliphatic heterocycles. The smallest absolute Gasteiger partial charge is 0.330 e. The summed E-state index contributed by atoms with van der Waals surface area (Å²) < 4.78 is 10.7. The summed E-state index contributed by atoms with van der Waals surface area (Å²) in [6.07, 6.45) is 14.4. The number of rotatable bonds is 12. The monoisotopic (exact) mass is 402 g/mol. The molecule has 0 unspecified atom stereocenters. The highest BCUT2D eigenvalue weighted by molar-refractivity contribution is 6.25. The maximum absolute atomic E-state index is 11.2. The number of hydrogen-bond acceptors (Lipinski definition) is 4. The van der Waals surface area contributed by atoms with Crippen LogP contribution in [0.4, 0.5) is 0 Å². The highest BCUT2D eigenvalue weighted by Gasteiger charge is 2.22. The fourth-order valence-electron chi connectivity index (χ4n) is 3.76. The van der Waals surface area contributed by atoms with Gasteiger partial charge >= 0.3 is 5.97 Å². The Morgan fingerprint density at radius 3 is 2.43 bits per heavy atom. The average Bonchev–Trinajstić information content (AvgIpc) is 2.74. The lowest BCUT2D eigenvalue weighted by Gasteiger charge is -2.29. The van der Waals surface area contributed by atoms with Gasteiger partial charge in [-0.05, 0) is 61.3 Å². The van der Waals surface area contributed by atoms with Crippen molar-refractivity contribution in [3.05, 3.63) is 41.5 Å². The van der Waals surface area contributed by atoms with Crippen LogP contribution in [0.2, 0.25) is 6.04 Å². The third-order valence-electron chi connectivity index (χ3n) is 5.48. The van der Waals surface area contributed by atoms with Gasteiger partial charge in [-0.25, -0.2) is 4.79 Å². The molecule has 28 heavy (non-hydrogen) atoms. The first-order chi connectivity index (χ1) is 13.7. The van der Waals surface area contributed by atoms with Crippen LogP contribution in [0.25, 0.3) is 6.08 Å². The van der Waals surface area contributed by atoms with Crippen LogP contribution in [0.1, 0.15) is 74.8 Å². The van der Waals surface area contributed by atoms with Crippen LogP contribution in [0.15, 0.2) is 30.3 Å². The van der Waals surface area contributed by atoms with Crippen molar-refractivity contribution in [2.45, 2.75) is 75.9 Å². The molecule has 2 rings (SSSR count). The van der Waals surface area contributed by atoms with E-state index in [9.17, 15) is 4.79 Å². The Morgan fingerprint density at radius 2 is 1.75 bits per heavy atom. The number of carbonyl (C=O) groups excluding carboxylic acids is 1. The molecule has 0 saturated heterocycles. The van der Waals surface area contributed by atoms with Gasteiger partial charge in [0.1, 0.15) is 0 Å². The summed E-state index contributed by atoms with van der Waals surface area (Å²) in [6.45, 7) is 0.887. The van der Waals surface area contributed by atoms with Crippen molar-refractivity contribution >= 4 is 21.8 Å². The van der Waals surface area contributed by atoms with Gasteiger partial charge in [-0.15, -0.1) is 0 Å². The van der Waals surface area contributed by atoms with Gasteiger partial charge in [-0.1, -0.05) is 49.9 Å². The molecule has 0 amide bonds. The number of methoxy groups -OCH3 is 1. The molecule has 0 aromatic heterocycles. The lowest BCUT2D eigenvalue weighted by atomic mass is 9.82. The van der Waals surface area contributed by atoms with Crippen LogP contribution in [-0.2, 0) is 14.3 Å². The van der Waals surface area contributed by atoms with Crippen LogP contribution in [0, 0.1) is 0 Å². The molecule has 0 bridgehead atoms. The lowest BCUT2D eigenvalue weighted by molar-refractivity contribution is -0.134. The molecular formula is C23H34O4Si. The Kier molecular flexibility index (Phi) is 11.2. The molecule has 0 spiro atoms. The maximum atomic E-state index is 11.2. The Balaban J connectivity index is 1.61. The first-order valence-corrected chi connectivity index (χ1v) is 11.7. The fraction of sp³-hybridized carbons (Fsp3) is 0.609. The van der Waals surface area contributed by atoms with Crippen molar-refractivity contribution in [1.82, 2.24) is 0 Å². The topological polar surface area (TPSA) is 55.8 Å². The van der Waals surface area contributed by atoms with Gasteiger partial charge in [0.15, 0.2) is 0 Å². The van der Waals surface area contributed by atoms with Crippen LogP contribution in [-0.4, -0.2) is 40.3 Å². The number of ether oxygens (including phenoxy) is 2. The van der Waals surface area contributed by atoms with E-state index in [0.29, 0.717) is 12.0 Å². The van der Waals surface area contributed by atoms with E-state index in [1.807, 2.05) is 0 Å². The molecule has 154 valence electrons. The van der Waals surface area contributed by atoms with E-state index in [4.69, 9.17) is 9.53 Å². The molecule has 1 aliphatic carbocycles. The molecule has 1 aromatic rings. The second-order valence-electron chi connectivity index (χ2n) is 7.54. The zero-order valence-corrected chi connectivity index (χ0v) is 18.1. The molecule has 1 fully saturated rings. The number of hydrogen-bond donors (Lipinski definition) is 1. The largest absolute Gasteiger partial charge is 0.466 e. The minimum absolute atomic E-state index is 0.113. The van der Waals surface area contributed by atoms with Crippen LogP contribution < -0.4 is 0 Å². The summed E-state index contributed by atoms with van der Waals surface area (Å²) in [5.74, 6) is 0.287. The molecule has 5 heteroatoms. The summed E-state index contributed by atoms with van der Waals surface area (Å²) >= 11 is 0. The molecule has 0 atom stereocenters. The minimum Gasteiger partial charge on any atom is -0.466 e. The third-order valence-corrected chi connectivity index (χ3v) is 6.06. The Morgan fingerprint density at radius 1 is 1.07 bits per heavy atom. The van der Waals surface area contributed by atoms with E-state index in [1.54, 1.807) is 6.08 Å². The molecule has 4 nitrogen and oxygen atoms in total. The van der Waals surface area contributed by atoms with Crippen LogP contribution in [0.3, 0.4) is 0 Å². The molecular weight excluding hydrogens is 368 g/mol. The Labute approximate surface area is 172 Å². The van der Waals surface area contributed by atoms with Crippen molar-refractivity contribution in [2.75, 3.05) is 13.7 Å². The molecule has 1 aliphatic rings. The number of unbranched alkanes of at least 4 members (excludes halogenated alkanes) is 4. The van der Waals surface area contributed by atoms with Crippen LogP contribution in [0.5, 0.6) is 0 Å². The van der Waals surface area contributed by atoms with Gasteiger partial charge in [0, 0.05) is 12.7 Å². The van der Waals surface area contributed by atoms with E-state index >= 15 is 0 Å². The van der Waals surface area contributed by atoms with Gasteiger partial charge in [0.2, 0.25) is 9.76 Å².